The number of anilines is 1. The lowest BCUT2D eigenvalue weighted by Crippen LogP contribution is -1.95. The van der Waals surface area contributed by atoms with Gasteiger partial charge in [-0.25, -0.2) is 9.50 Å². The Morgan fingerprint density at radius 3 is 2.86 bits per heavy atom. The SMILES string of the molecule is CNc1nn2cccnc2c1C(C)C. The van der Waals surface area contributed by atoms with Crippen LogP contribution in [0.25, 0.3) is 5.65 Å². The highest BCUT2D eigenvalue weighted by atomic mass is 15.3. The quantitative estimate of drug-likeness (QED) is 0.786. The number of nitrogens with zero attached hydrogens (tertiary/aromatic N) is 3. The minimum Gasteiger partial charge on any atom is -0.371 e. The van der Waals surface area contributed by atoms with Crippen LogP contribution in [0.4, 0.5) is 5.82 Å². The Bertz CT molecular complexity index is 444. The molecule has 4 heteroatoms. The molecule has 2 aromatic heterocycles. The number of fused-ring (bicyclic) bond motifs is 1. The summed E-state index contributed by atoms with van der Waals surface area (Å²) in [4.78, 5) is 4.33. The van der Waals surface area contributed by atoms with Gasteiger partial charge in [-0.1, -0.05) is 13.8 Å². The van der Waals surface area contributed by atoms with E-state index < -0.39 is 0 Å². The van der Waals surface area contributed by atoms with Crippen molar-refractivity contribution in [2.75, 3.05) is 12.4 Å². The Hall–Kier alpha value is -1.58. The van der Waals surface area contributed by atoms with Crippen LogP contribution in [0.5, 0.6) is 0 Å². The Kier molecular flexibility index (Phi) is 2.11. The molecule has 2 aromatic rings. The van der Waals surface area contributed by atoms with E-state index in [0.29, 0.717) is 5.92 Å². The van der Waals surface area contributed by atoms with Crippen LogP contribution in [-0.2, 0) is 0 Å². The fourth-order valence-electron chi connectivity index (χ4n) is 1.62. The predicted octanol–water partition coefficient (Wildman–Crippen LogP) is 1.89. The normalized spacial score (nSPS) is 11.1. The molecule has 14 heavy (non-hydrogen) atoms. The first-order chi connectivity index (χ1) is 6.74. The molecule has 0 radical (unpaired) electrons. The lowest BCUT2D eigenvalue weighted by molar-refractivity contribution is 0.873. The van der Waals surface area contributed by atoms with Crippen LogP contribution < -0.4 is 5.32 Å². The number of aromatic nitrogens is 3. The van der Waals surface area contributed by atoms with E-state index >= 15 is 0 Å². The minimum atomic E-state index is 0.421. The molecule has 0 unspecified atom stereocenters. The van der Waals surface area contributed by atoms with E-state index in [1.54, 1.807) is 10.7 Å². The zero-order chi connectivity index (χ0) is 10.1. The van der Waals surface area contributed by atoms with E-state index in [1.165, 1.54) is 5.56 Å². The molecule has 0 saturated carbocycles. The van der Waals surface area contributed by atoms with Crippen LogP contribution in [0.2, 0.25) is 0 Å². The zero-order valence-electron chi connectivity index (χ0n) is 8.65. The smallest absolute Gasteiger partial charge is 0.160 e. The van der Waals surface area contributed by atoms with Crippen molar-refractivity contribution < 1.29 is 0 Å². The van der Waals surface area contributed by atoms with Gasteiger partial charge in [0.1, 0.15) is 0 Å². The van der Waals surface area contributed by atoms with Crippen LogP contribution >= 0.6 is 0 Å². The second-order valence-corrected chi connectivity index (χ2v) is 3.55. The fraction of sp³-hybridized carbons (Fsp3) is 0.400. The van der Waals surface area contributed by atoms with E-state index in [1.807, 2.05) is 19.3 Å². The third-order valence-corrected chi connectivity index (χ3v) is 2.25. The zero-order valence-corrected chi connectivity index (χ0v) is 8.65. The van der Waals surface area contributed by atoms with E-state index in [-0.39, 0.29) is 0 Å². The van der Waals surface area contributed by atoms with Gasteiger partial charge in [-0.2, -0.15) is 0 Å². The van der Waals surface area contributed by atoms with Crippen molar-refractivity contribution in [3.05, 3.63) is 24.0 Å². The molecule has 0 aliphatic heterocycles. The molecule has 0 aromatic carbocycles. The number of nitrogens with one attached hydrogen (secondary N) is 1. The van der Waals surface area contributed by atoms with Crippen molar-refractivity contribution in [1.29, 1.82) is 0 Å². The number of hydrogen-bond acceptors (Lipinski definition) is 3. The first-order valence-electron chi connectivity index (χ1n) is 4.75. The lowest BCUT2D eigenvalue weighted by Gasteiger charge is -2.04. The highest BCUT2D eigenvalue weighted by Crippen LogP contribution is 2.26. The summed E-state index contributed by atoms with van der Waals surface area (Å²) in [7, 11) is 1.88. The van der Waals surface area contributed by atoms with Crippen molar-refractivity contribution in [2.45, 2.75) is 19.8 Å². The third-order valence-electron chi connectivity index (χ3n) is 2.25. The van der Waals surface area contributed by atoms with Gasteiger partial charge in [-0.05, 0) is 12.0 Å². The van der Waals surface area contributed by atoms with Crippen molar-refractivity contribution >= 4 is 11.5 Å². The topological polar surface area (TPSA) is 42.2 Å². The summed E-state index contributed by atoms with van der Waals surface area (Å²) < 4.78 is 1.81. The van der Waals surface area contributed by atoms with E-state index in [2.05, 4.69) is 29.2 Å². The molecule has 0 bridgehead atoms. The molecule has 2 heterocycles. The molecule has 74 valence electrons. The maximum Gasteiger partial charge on any atom is 0.160 e. The molecule has 0 aliphatic rings. The molecular weight excluding hydrogens is 176 g/mol. The summed E-state index contributed by atoms with van der Waals surface area (Å²) in [5.74, 6) is 1.34. The molecule has 0 aliphatic carbocycles. The highest BCUT2D eigenvalue weighted by Gasteiger charge is 2.14. The van der Waals surface area contributed by atoms with Gasteiger partial charge in [0.25, 0.3) is 0 Å². The van der Waals surface area contributed by atoms with Crippen molar-refractivity contribution in [1.82, 2.24) is 14.6 Å². The summed E-state index contributed by atoms with van der Waals surface area (Å²) in [5, 5.41) is 7.49. The molecule has 0 atom stereocenters. The third kappa shape index (κ3) is 1.23. The average molecular weight is 190 g/mol. The molecule has 1 N–H and O–H groups in total. The average Bonchev–Trinajstić information content (AvgIpc) is 2.55. The van der Waals surface area contributed by atoms with E-state index in [4.69, 9.17) is 0 Å². The monoisotopic (exact) mass is 190 g/mol. The number of hydrogen-bond donors (Lipinski definition) is 1. The van der Waals surface area contributed by atoms with Crippen molar-refractivity contribution in [3.63, 3.8) is 0 Å². The molecule has 4 nitrogen and oxygen atoms in total. The van der Waals surface area contributed by atoms with Gasteiger partial charge in [0, 0.05) is 25.0 Å². The van der Waals surface area contributed by atoms with Crippen molar-refractivity contribution in [3.8, 4) is 0 Å². The van der Waals surface area contributed by atoms with Crippen LogP contribution in [-0.4, -0.2) is 21.6 Å². The van der Waals surface area contributed by atoms with Gasteiger partial charge in [-0.3, -0.25) is 0 Å². The second kappa shape index (κ2) is 3.29. The van der Waals surface area contributed by atoms with Crippen LogP contribution in [0, 0.1) is 0 Å². The van der Waals surface area contributed by atoms with Crippen molar-refractivity contribution in [2.24, 2.45) is 0 Å². The van der Waals surface area contributed by atoms with Crippen LogP contribution in [0.3, 0.4) is 0 Å². The van der Waals surface area contributed by atoms with Crippen LogP contribution in [0.1, 0.15) is 25.3 Å². The second-order valence-electron chi connectivity index (χ2n) is 3.55. The van der Waals surface area contributed by atoms with E-state index in [9.17, 15) is 0 Å². The van der Waals surface area contributed by atoms with Gasteiger partial charge in [0.2, 0.25) is 0 Å². The van der Waals surface area contributed by atoms with Gasteiger partial charge in [0.05, 0.1) is 0 Å². The van der Waals surface area contributed by atoms with Gasteiger partial charge in [-0.15, -0.1) is 5.10 Å². The molecule has 0 saturated heterocycles. The summed E-state index contributed by atoms with van der Waals surface area (Å²) in [6, 6.07) is 1.88. The predicted molar refractivity (Wildman–Crippen MR) is 56.6 cm³/mol. The van der Waals surface area contributed by atoms with Gasteiger partial charge in [0.15, 0.2) is 11.5 Å². The van der Waals surface area contributed by atoms with Crippen LogP contribution in [0.15, 0.2) is 18.5 Å². The molecular formula is C10H14N4. The Balaban J connectivity index is 2.74. The summed E-state index contributed by atoms with van der Waals surface area (Å²) in [6.07, 6.45) is 3.71. The molecule has 2 rings (SSSR count). The first kappa shape index (κ1) is 8.99. The molecule has 0 amide bonds. The fourth-order valence-corrected chi connectivity index (χ4v) is 1.62. The maximum atomic E-state index is 4.40. The van der Waals surface area contributed by atoms with Gasteiger partial charge < -0.3 is 5.32 Å². The molecule has 0 fully saturated rings. The van der Waals surface area contributed by atoms with E-state index in [0.717, 1.165) is 11.5 Å². The summed E-state index contributed by atoms with van der Waals surface area (Å²) >= 11 is 0. The first-order valence-corrected chi connectivity index (χ1v) is 4.75. The number of rotatable bonds is 2. The van der Waals surface area contributed by atoms with Gasteiger partial charge >= 0.3 is 0 Å². The Morgan fingerprint density at radius 2 is 2.21 bits per heavy atom. The standard InChI is InChI=1S/C10H14N4/c1-7(2)8-9(11-3)13-14-6-4-5-12-10(8)14/h4-7H,1-3H3,(H,11,13). The summed E-state index contributed by atoms with van der Waals surface area (Å²) in [6.45, 7) is 4.29. The largest absolute Gasteiger partial charge is 0.371 e. The minimum absolute atomic E-state index is 0.421. The molecule has 0 spiro atoms. The Morgan fingerprint density at radius 1 is 1.43 bits per heavy atom. The Labute approximate surface area is 83.0 Å². The lowest BCUT2D eigenvalue weighted by atomic mass is 10.1. The highest BCUT2D eigenvalue weighted by molar-refractivity contribution is 5.62. The summed E-state index contributed by atoms with van der Waals surface area (Å²) in [5.41, 5.74) is 2.11. The maximum absolute atomic E-state index is 4.40.